The number of aromatic nitrogens is 2. The minimum Gasteiger partial charge on any atom is -0.490 e. The number of allylic oxidation sites excluding steroid dienone is 2. The van der Waals surface area contributed by atoms with E-state index in [0.717, 1.165) is 23.4 Å². The van der Waals surface area contributed by atoms with E-state index in [2.05, 4.69) is 30.8 Å². The van der Waals surface area contributed by atoms with Crippen LogP contribution in [0.2, 0.25) is 0 Å². The lowest BCUT2D eigenvalue weighted by atomic mass is 9.69. The molecule has 1 aliphatic carbocycles. The molecule has 0 spiro atoms. The van der Waals surface area contributed by atoms with Gasteiger partial charge in [0.1, 0.15) is 18.2 Å². The maximum absolute atomic E-state index is 13.6. The Morgan fingerprint density at radius 1 is 1.09 bits per heavy atom. The molecule has 0 bridgehead atoms. The van der Waals surface area contributed by atoms with Gasteiger partial charge in [-0.25, -0.2) is 4.68 Å². The van der Waals surface area contributed by atoms with Crippen molar-refractivity contribution < 1.29 is 9.53 Å². The van der Waals surface area contributed by atoms with E-state index in [4.69, 9.17) is 4.74 Å². The van der Waals surface area contributed by atoms with Gasteiger partial charge in [-0.1, -0.05) is 56.8 Å². The molecule has 0 saturated carbocycles. The van der Waals surface area contributed by atoms with Crippen molar-refractivity contribution in [3.63, 3.8) is 0 Å². The molecule has 2 aliphatic rings. The Morgan fingerprint density at radius 2 is 1.82 bits per heavy atom. The molecule has 0 radical (unpaired) electrons. The van der Waals surface area contributed by atoms with Crippen LogP contribution in [0.3, 0.4) is 0 Å². The Morgan fingerprint density at radius 3 is 2.52 bits per heavy atom. The topological polar surface area (TPSA) is 76.1 Å². The number of carbonyl (C=O) groups excluding carboxylic acids is 1. The summed E-state index contributed by atoms with van der Waals surface area (Å²) in [4.78, 5) is 27.0. The van der Waals surface area contributed by atoms with E-state index in [1.165, 1.54) is 0 Å². The Bertz CT molecular complexity index is 1310. The van der Waals surface area contributed by atoms with E-state index < -0.39 is 5.92 Å². The summed E-state index contributed by atoms with van der Waals surface area (Å²) in [6.07, 6.45) is 2.89. The predicted molar refractivity (Wildman–Crippen MR) is 129 cm³/mol. The second-order valence-electron chi connectivity index (χ2n) is 9.44. The first-order chi connectivity index (χ1) is 15.9. The molecule has 0 amide bonds. The fraction of sp³-hybridized carbons (Fsp3) is 0.259. The molecular formula is C27H27N3O3. The van der Waals surface area contributed by atoms with Crippen molar-refractivity contribution >= 4 is 11.6 Å². The van der Waals surface area contributed by atoms with E-state index in [9.17, 15) is 9.59 Å². The van der Waals surface area contributed by atoms with E-state index in [1.807, 2.05) is 54.6 Å². The van der Waals surface area contributed by atoms with Crippen molar-refractivity contribution in [3.05, 3.63) is 100 Å². The molecule has 168 valence electrons. The van der Waals surface area contributed by atoms with Gasteiger partial charge in [0.2, 0.25) is 0 Å². The Hall–Kier alpha value is -3.80. The van der Waals surface area contributed by atoms with Gasteiger partial charge >= 0.3 is 0 Å². The zero-order chi connectivity index (χ0) is 23.2. The summed E-state index contributed by atoms with van der Waals surface area (Å²) < 4.78 is 7.17. The van der Waals surface area contributed by atoms with Crippen LogP contribution in [0, 0.1) is 5.41 Å². The summed E-state index contributed by atoms with van der Waals surface area (Å²) in [5, 5.41) is 6.65. The maximum Gasteiger partial charge on any atom is 0.277 e. The van der Waals surface area contributed by atoms with Crippen LogP contribution in [-0.2, 0) is 4.79 Å². The number of para-hydroxylation sites is 1. The molecule has 3 aromatic rings. The van der Waals surface area contributed by atoms with E-state index >= 15 is 0 Å². The number of fused-ring (bicyclic) bond motifs is 1. The molecule has 33 heavy (non-hydrogen) atoms. The van der Waals surface area contributed by atoms with Crippen molar-refractivity contribution in [1.29, 1.82) is 0 Å². The molecule has 1 atom stereocenters. The molecular weight excluding hydrogens is 414 g/mol. The van der Waals surface area contributed by atoms with Gasteiger partial charge in [-0.2, -0.15) is 0 Å². The second-order valence-corrected chi connectivity index (χ2v) is 9.44. The third-order valence-corrected chi connectivity index (χ3v) is 6.30. The maximum atomic E-state index is 13.6. The van der Waals surface area contributed by atoms with Crippen LogP contribution in [-0.4, -0.2) is 22.2 Å². The lowest BCUT2D eigenvalue weighted by Crippen LogP contribution is -2.35. The quantitative estimate of drug-likeness (QED) is 0.551. The van der Waals surface area contributed by atoms with Crippen molar-refractivity contribution in [2.75, 3.05) is 11.9 Å². The zero-order valence-electron chi connectivity index (χ0n) is 18.9. The second kappa shape index (κ2) is 7.96. The van der Waals surface area contributed by atoms with Gasteiger partial charge in [-0.05, 0) is 41.7 Å². The van der Waals surface area contributed by atoms with Crippen LogP contribution in [0.5, 0.6) is 5.75 Å². The van der Waals surface area contributed by atoms with Crippen LogP contribution in [0.1, 0.15) is 43.7 Å². The SMILES string of the molecule is C=CCOc1ccc(C2C3=C(CC(C)(C)CC3=O)Nc3[nH]n(-c4ccccc4)c(=O)c32)cc1. The van der Waals surface area contributed by atoms with Gasteiger partial charge < -0.3 is 10.1 Å². The van der Waals surface area contributed by atoms with Crippen molar-refractivity contribution in [1.82, 2.24) is 9.78 Å². The lowest BCUT2D eigenvalue weighted by molar-refractivity contribution is -0.118. The van der Waals surface area contributed by atoms with E-state index in [1.54, 1.807) is 10.8 Å². The van der Waals surface area contributed by atoms with Crippen LogP contribution >= 0.6 is 0 Å². The Balaban J connectivity index is 1.67. The number of carbonyl (C=O) groups is 1. The molecule has 1 aliphatic heterocycles. The summed E-state index contributed by atoms with van der Waals surface area (Å²) in [7, 11) is 0. The number of H-pyrrole nitrogens is 1. The molecule has 5 rings (SSSR count). The Labute approximate surface area is 192 Å². The van der Waals surface area contributed by atoms with Crippen molar-refractivity contribution in [3.8, 4) is 11.4 Å². The number of benzene rings is 2. The molecule has 0 saturated heterocycles. The molecule has 1 aromatic heterocycles. The molecule has 2 heterocycles. The minimum absolute atomic E-state index is 0.0863. The smallest absolute Gasteiger partial charge is 0.277 e. The highest BCUT2D eigenvalue weighted by Crippen LogP contribution is 2.47. The first-order valence-electron chi connectivity index (χ1n) is 11.2. The fourth-order valence-electron chi connectivity index (χ4n) is 4.89. The van der Waals surface area contributed by atoms with E-state index in [-0.39, 0.29) is 16.8 Å². The summed E-state index contributed by atoms with van der Waals surface area (Å²) in [6.45, 7) is 8.30. The van der Waals surface area contributed by atoms with Crippen LogP contribution in [0.25, 0.3) is 5.69 Å². The molecule has 2 aromatic carbocycles. The number of hydrogen-bond donors (Lipinski definition) is 2. The van der Waals surface area contributed by atoms with Crippen molar-refractivity contribution in [2.45, 2.75) is 32.6 Å². The minimum atomic E-state index is -0.443. The summed E-state index contributed by atoms with van der Waals surface area (Å²) in [5.41, 5.74) is 3.47. The molecule has 0 fully saturated rings. The first-order valence-corrected chi connectivity index (χ1v) is 11.2. The number of nitrogens with zero attached hydrogens (tertiary/aromatic N) is 1. The number of ether oxygens (including phenoxy) is 1. The van der Waals surface area contributed by atoms with Gasteiger partial charge in [-0.3, -0.25) is 14.7 Å². The predicted octanol–water partition coefficient (Wildman–Crippen LogP) is 4.93. The number of hydrogen-bond acceptors (Lipinski definition) is 4. The molecule has 1 unspecified atom stereocenters. The number of anilines is 1. The number of ketones is 1. The van der Waals surface area contributed by atoms with Gasteiger partial charge in [0.25, 0.3) is 5.56 Å². The lowest BCUT2D eigenvalue weighted by Gasteiger charge is -2.37. The standard InChI is InChI=1S/C27H27N3O3/c1-4-14-33-19-12-10-17(11-13-19)22-23-20(15-27(2,3)16-21(23)31)28-25-24(22)26(32)30(29-25)18-8-6-5-7-9-18/h4-13,22,28-29H,1,14-16H2,2-3H3. The highest BCUT2D eigenvalue weighted by Gasteiger charge is 2.42. The Kier molecular flexibility index (Phi) is 5.08. The average Bonchev–Trinajstić information content (AvgIpc) is 3.12. The van der Waals surface area contributed by atoms with Gasteiger partial charge in [0.15, 0.2) is 5.78 Å². The van der Waals surface area contributed by atoms with Crippen LogP contribution in [0.15, 0.2) is 83.3 Å². The fourth-order valence-corrected chi connectivity index (χ4v) is 4.89. The third kappa shape index (κ3) is 3.71. The third-order valence-electron chi connectivity index (χ3n) is 6.30. The van der Waals surface area contributed by atoms with Gasteiger partial charge in [0.05, 0.1) is 11.3 Å². The molecule has 2 N–H and O–H groups in total. The summed E-state index contributed by atoms with van der Waals surface area (Å²) in [6, 6.07) is 17.1. The highest BCUT2D eigenvalue weighted by atomic mass is 16.5. The van der Waals surface area contributed by atoms with Gasteiger partial charge in [0, 0.05) is 23.6 Å². The number of aromatic amines is 1. The zero-order valence-corrected chi connectivity index (χ0v) is 18.9. The normalized spacial score (nSPS) is 18.8. The highest BCUT2D eigenvalue weighted by molar-refractivity contribution is 6.01. The number of nitrogens with one attached hydrogen (secondary N) is 2. The largest absolute Gasteiger partial charge is 0.490 e. The number of rotatable bonds is 5. The van der Waals surface area contributed by atoms with Crippen LogP contribution < -0.4 is 15.6 Å². The van der Waals surface area contributed by atoms with Crippen LogP contribution in [0.4, 0.5) is 5.82 Å². The number of Topliss-reactive ketones (excluding diaryl/α,β-unsaturated/α-hetero) is 1. The average molecular weight is 442 g/mol. The van der Waals surface area contributed by atoms with E-state index in [0.29, 0.717) is 35.7 Å². The monoisotopic (exact) mass is 441 g/mol. The first kappa shape index (κ1) is 21.1. The summed E-state index contributed by atoms with van der Waals surface area (Å²) >= 11 is 0. The summed E-state index contributed by atoms with van der Waals surface area (Å²) in [5.74, 6) is 1.00. The molecule has 6 nitrogen and oxygen atoms in total. The van der Waals surface area contributed by atoms with Gasteiger partial charge in [-0.15, -0.1) is 0 Å². The van der Waals surface area contributed by atoms with Crippen molar-refractivity contribution in [2.24, 2.45) is 5.41 Å². The molecule has 6 heteroatoms.